The van der Waals surface area contributed by atoms with Crippen LogP contribution in [0, 0.1) is 17.6 Å². The predicted molar refractivity (Wildman–Crippen MR) is 191 cm³/mol. The lowest BCUT2D eigenvalue weighted by Gasteiger charge is -2.39. The minimum atomic E-state index is -0.740. The fourth-order valence-corrected chi connectivity index (χ4v) is 6.30. The van der Waals surface area contributed by atoms with Gasteiger partial charge in [0.1, 0.15) is 22.8 Å². The molecule has 1 saturated carbocycles. The Bertz CT molecular complexity index is 1740. The summed E-state index contributed by atoms with van der Waals surface area (Å²) >= 11 is 0. The highest BCUT2D eigenvalue weighted by molar-refractivity contribution is 6.04. The molecule has 1 N–H and O–H groups in total. The van der Waals surface area contributed by atoms with Crippen LogP contribution in [0.3, 0.4) is 0 Å². The number of ether oxygens (including phenoxy) is 4. The average Bonchev–Trinajstić information content (AvgIpc) is 3.05. The standard InChI is InChI=1S/C39H49F2N3O7/c1-38(2,3)50-36(46)42-32(23-26-13-17-30(35(45)49-8)29-18-20-33(48-7)43-34(26)29)24-11-15-28(16-12-24)44(37(47)51-39(4,5)6)21-9-10-25-22-27(40)14-19-31(25)41/h9-10,13-14,17-20,22,24,28,32H,11-12,15-16,21,23H2,1-8H3,(H,42,46)/b10-9+/t24?,28?,32-/m0/s1. The Balaban J connectivity index is 1.60. The Hall–Kier alpha value is -4.74. The van der Waals surface area contributed by atoms with Crippen molar-refractivity contribution in [1.82, 2.24) is 15.2 Å². The summed E-state index contributed by atoms with van der Waals surface area (Å²) in [6.45, 7) is 10.9. The fourth-order valence-electron chi connectivity index (χ4n) is 6.30. The summed E-state index contributed by atoms with van der Waals surface area (Å²) in [5.41, 5.74) is 0.338. The maximum Gasteiger partial charge on any atom is 0.410 e. The van der Waals surface area contributed by atoms with Gasteiger partial charge in [-0.2, -0.15) is 0 Å². The number of rotatable bonds is 10. The number of aromatic nitrogens is 1. The van der Waals surface area contributed by atoms with Crippen molar-refractivity contribution >= 4 is 35.1 Å². The van der Waals surface area contributed by atoms with Crippen LogP contribution in [0.5, 0.6) is 5.88 Å². The smallest absolute Gasteiger partial charge is 0.410 e. The van der Waals surface area contributed by atoms with E-state index in [0.717, 1.165) is 23.8 Å². The third kappa shape index (κ3) is 10.9. The van der Waals surface area contributed by atoms with Crippen LogP contribution >= 0.6 is 0 Å². The number of carbonyl (C=O) groups is 3. The topological polar surface area (TPSA) is 116 Å². The first kappa shape index (κ1) is 39.1. The Labute approximate surface area is 298 Å². The van der Waals surface area contributed by atoms with Crippen molar-refractivity contribution < 1.29 is 42.1 Å². The predicted octanol–water partition coefficient (Wildman–Crippen LogP) is 8.25. The Kier molecular flexibility index (Phi) is 12.6. The van der Waals surface area contributed by atoms with Gasteiger partial charge in [-0.15, -0.1) is 0 Å². The van der Waals surface area contributed by atoms with Gasteiger partial charge in [-0.3, -0.25) is 0 Å². The van der Waals surface area contributed by atoms with Gasteiger partial charge in [0.25, 0.3) is 0 Å². The van der Waals surface area contributed by atoms with Crippen LogP contribution in [0.25, 0.3) is 17.0 Å². The van der Waals surface area contributed by atoms with Gasteiger partial charge >= 0.3 is 18.2 Å². The molecule has 10 nitrogen and oxygen atoms in total. The van der Waals surface area contributed by atoms with Crippen molar-refractivity contribution in [2.45, 2.75) is 96.9 Å². The van der Waals surface area contributed by atoms with E-state index < -0.39 is 41.0 Å². The van der Waals surface area contributed by atoms with E-state index in [1.165, 1.54) is 20.3 Å². The zero-order valence-corrected chi connectivity index (χ0v) is 30.7. The molecule has 3 aromatic rings. The van der Waals surface area contributed by atoms with Gasteiger partial charge in [-0.05, 0) is 115 Å². The van der Waals surface area contributed by atoms with Crippen LogP contribution in [0.1, 0.15) is 88.7 Å². The maximum absolute atomic E-state index is 14.3. The van der Waals surface area contributed by atoms with Gasteiger partial charge in [0.15, 0.2) is 0 Å². The second-order valence-corrected chi connectivity index (χ2v) is 14.7. The van der Waals surface area contributed by atoms with E-state index in [9.17, 15) is 23.2 Å². The summed E-state index contributed by atoms with van der Waals surface area (Å²) in [5.74, 6) is -1.26. The molecule has 0 aliphatic heterocycles. The number of hydrogen-bond donors (Lipinski definition) is 1. The van der Waals surface area contributed by atoms with E-state index in [0.29, 0.717) is 54.5 Å². The Morgan fingerprint density at radius 3 is 2.25 bits per heavy atom. The number of alkyl carbamates (subject to hydrolysis) is 1. The maximum atomic E-state index is 14.3. The molecule has 0 radical (unpaired) electrons. The highest BCUT2D eigenvalue weighted by Crippen LogP contribution is 2.34. The van der Waals surface area contributed by atoms with E-state index in [1.807, 2.05) is 6.07 Å². The number of hydrogen-bond acceptors (Lipinski definition) is 8. The van der Waals surface area contributed by atoms with Crippen molar-refractivity contribution in [3.05, 3.63) is 76.9 Å². The van der Waals surface area contributed by atoms with Gasteiger partial charge in [0.05, 0.1) is 25.3 Å². The van der Waals surface area contributed by atoms with Crippen molar-refractivity contribution in [1.29, 1.82) is 0 Å². The molecule has 1 heterocycles. The fraction of sp³-hybridized carbons (Fsp3) is 0.487. The third-order valence-electron chi connectivity index (χ3n) is 8.61. The minimum absolute atomic E-state index is 0.00729. The summed E-state index contributed by atoms with van der Waals surface area (Å²) < 4.78 is 49.8. The summed E-state index contributed by atoms with van der Waals surface area (Å²) in [6, 6.07) is 9.58. The molecule has 276 valence electrons. The van der Waals surface area contributed by atoms with Crippen LogP contribution in [0.15, 0.2) is 48.5 Å². The number of benzene rings is 2. The van der Waals surface area contributed by atoms with E-state index in [2.05, 4.69) is 10.3 Å². The summed E-state index contributed by atoms with van der Waals surface area (Å²) in [7, 11) is 2.83. The number of esters is 1. The first-order valence-electron chi connectivity index (χ1n) is 17.1. The van der Waals surface area contributed by atoms with Crippen LogP contribution in [0.2, 0.25) is 0 Å². The van der Waals surface area contributed by atoms with Crippen LogP contribution in [-0.4, -0.2) is 72.1 Å². The molecule has 0 saturated heterocycles. The van der Waals surface area contributed by atoms with Gasteiger partial charge < -0.3 is 29.2 Å². The van der Waals surface area contributed by atoms with Gasteiger partial charge in [0, 0.05) is 35.6 Å². The lowest BCUT2D eigenvalue weighted by atomic mass is 9.79. The number of carbonyl (C=O) groups excluding carboxylic acids is 3. The zero-order chi connectivity index (χ0) is 37.5. The van der Waals surface area contributed by atoms with Gasteiger partial charge in [-0.1, -0.05) is 18.2 Å². The number of nitrogens with zero attached hydrogens (tertiary/aromatic N) is 2. The van der Waals surface area contributed by atoms with Crippen molar-refractivity contribution in [3.63, 3.8) is 0 Å². The summed E-state index contributed by atoms with van der Waals surface area (Å²) in [4.78, 5) is 45.5. The Morgan fingerprint density at radius 2 is 1.63 bits per heavy atom. The van der Waals surface area contributed by atoms with E-state index in [4.69, 9.17) is 18.9 Å². The molecular weight excluding hydrogens is 660 g/mol. The number of halogens is 2. The molecule has 0 spiro atoms. The van der Waals surface area contributed by atoms with E-state index in [1.54, 1.807) is 70.7 Å². The van der Waals surface area contributed by atoms with E-state index >= 15 is 0 Å². The molecule has 2 aromatic carbocycles. The highest BCUT2D eigenvalue weighted by atomic mass is 19.1. The van der Waals surface area contributed by atoms with E-state index in [-0.39, 0.29) is 30.1 Å². The largest absolute Gasteiger partial charge is 0.481 e. The lowest BCUT2D eigenvalue weighted by molar-refractivity contribution is 0.0124. The molecule has 1 fully saturated rings. The average molecular weight is 710 g/mol. The number of pyridine rings is 1. The second kappa shape index (κ2) is 16.5. The number of nitrogens with one attached hydrogen (secondary N) is 1. The normalized spacial score (nSPS) is 17.1. The summed E-state index contributed by atoms with van der Waals surface area (Å²) in [5, 5.41) is 3.70. The second-order valence-electron chi connectivity index (χ2n) is 14.7. The molecule has 1 aliphatic rings. The molecular formula is C39H49F2N3O7. The molecule has 0 bridgehead atoms. The van der Waals surface area contributed by atoms with Gasteiger partial charge in [-0.25, -0.2) is 28.1 Å². The summed E-state index contributed by atoms with van der Waals surface area (Å²) in [6.07, 6.45) is 4.93. The van der Waals surface area contributed by atoms with Crippen molar-refractivity contribution in [2.75, 3.05) is 20.8 Å². The van der Waals surface area contributed by atoms with Crippen LogP contribution < -0.4 is 10.1 Å². The molecule has 0 unspecified atom stereocenters. The number of amides is 2. The highest BCUT2D eigenvalue weighted by Gasteiger charge is 2.35. The zero-order valence-electron chi connectivity index (χ0n) is 30.7. The molecule has 2 amide bonds. The quantitative estimate of drug-likeness (QED) is 0.165. The molecule has 1 atom stereocenters. The monoisotopic (exact) mass is 709 g/mol. The molecule has 12 heteroatoms. The number of fused-ring (bicyclic) bond motifs is 1. The first-order valence-corrected chi connectivity index (χ1v) is 17.1. The van der Waals surface area contributed by atoms with Crippen molar-refractivity contribution in [3.8, 4) is 5.88 Å². The molecule has 51 heavy (non-hydrogen) atoms. The SMILES string of the molecule is COC(=O)c1ccc(C[C@H](NC(=O)OC(C)(C)C)C2CCC(N(C/C=C/c3cc(F)ccc3F)C(=O)OC(C)(C)C)CC2)c2nc(OC)ccc12. The molecule has 1 aromatic heterocycles. The first-order chi connectivity index (χ1) is 24.0. The third-order valence-corrected chi connectivity index (χ3v) is 8.61. The molecule has 1 aliphatic carbocycles. The minimum Gasteiger partial charge on any atom is -0.481 e. The van der Waals surface area contributed by atoms with Gasteiger partial charge in [0.2, 0.25) is 5.88 Å². The van der Waals surface area contributed by atoms with Crippen molar-refractivity contribution in [2.24, 2.45) is 5.92 Å². The molecule has 4 rings (SSSR count). The Morgan fingerprint density at radius 1 is 0.941 bits per heavy atom. The van der Waals surface area contributed by atoms with Crippen LogP contribution in [0.4, 0.5) is 18.4 Å². The lowest BCUT2D eigenvalue weighted by Crippen LogP contribution is -2.49. The number of methoxy groups -OCH3 is 2. The van der Waals surface area contributed by atoms with Crippen LogP contribution in [-0.2, 0) is 20.6 Å².